The molecule has 9 heteroatoms. The highest BCUT2D eigenvalue weighted by atomic mass is 32.1. The minimum Gasteiger partial charge on any atom is -0.497 e. The molecule has 0 spiro atoms. The second-order valence-corrected chi connectivity index (χ2v) is 8.54. The third-order valence-electron chi connectivity index (χ3n) is 5.03. The molecule has 3 heterocycles. The first-order chi connectivity index (χ1) is 15.0. The average Bonchev–Trinajstić information content (AvgIpc) is 3.42. The molecule has 1 fully saturated rings. The minimum absolute atomic E-state index is 0.154. The first-order valence-corrected chi connectivity index (χ1v) is 11.0. The Balaban J connectivity index is 1.68. The van der Waals surface area contributed by atoms with Crippen molar-refractivity contribution < 1.29 is 19.0 Å². The second kappa shape index (κ2) is 9.07. The van der Waals surface area contributed by atoms with Gasteiger partial charge in [-0.1, -0.05) is 0 Å². The van der Waals surface area contributed by atoms with E-state index in [0.717, 1.165) is 33.2 Å². The molecule has 0 unspecified atom stereocenters. The van der Waals surface area contributed by atoms with Crippen LogP contribution in [0.4, 0.5) is 5.13 Å². The number of anilines is 1. The number of esters is 1. The molecule has 3 aromatic rings. The Labute approximate surface area is 184 Å². The summed E-state index contributed by atoms with van der Waals surface area (Å²) in [6.45, 7) is 4.71. The number of carbonyl (C=O) groups is 1. The monoisotopic (exact) mass is 442 g/mol. The third-order valence-corrected chi connectivity index (χ3v) is 5.80. The van der Waals surface area contributed by atoms with Crippen LogP contribution < -0.4 is 20.1 Å². The van der Waals surface area contributed by atoms with Crippen molar-refractivity contribution in [1.29, 1.82) is 0 Å². The smallest absolute Gasteiger partial charge is 0.323 e. The van der Waals surface area contributed by atoms with Crippen LogP contribution in [0.25, 0.3) is 22.3 Å². The lowest BCUT2D eigenvalue weighted by Gasteiger charge is -2.16. The number of fused-ring (bicyclic) bond motifs is 1. The fourth-order valence-electron chi connectivity index (χ4n) is 3.53. The van der Waals surface area contributed by atoms with Crippen LogP contribution in [0.1, 0.15) is 20.3 Å². The van der Waals surface area contributed by atoms with Gasteiger partial charge in [0, 0.05) is 41.9 Å². The summed E-state index contributed by atoms with van der Waals surface area (Å²) >= 11 is 1.54. The lowest BCUT2D eigenvalue weighted by Crippen LogP contribution is -2.31. The van der Waals surface area contributed by atoms with Gasteiger partial charge >= 0.3 is 5.97 Å². The Morgan fingerprint density at radius 2 is 2.06 bits per heavy atom. The highest BCUT2D eigenvalue weighted by molar-refractivity contribution is 7.14. The molecule has 164 valence electrons. The van der Waals surface area contributed by atoms with E-state index < -0.39 is 0 Å². The molecule has 1 aliphatic heterocycles. The van der Waals surface area contributed by atoms with Crippen molar-refractivity contribution in [3.63, 3.8) is 0 Å². The van der Waals surface area contributed by atoms with Gasteiger partial charge in [0.05, 0.1) is 25.4 Å². The van der Waals surface area contributed by atoms with Crippen LogP contribution in [-0.2, 0) is 9.53 Å². The molecule has 0 amide bonds. The van der Waals surface area contributed by atoms with Crippen LogP contribution in [-0.4, -0.2) is 54.9 Å². The third kappa shape index (κ3) is 4.72. The molecule has 2 atom stereocenters. The number of hydrogen-bond donors (Lipinski definition) is 2. The Bertz CT molecular complexity index is 1080. The number of carbonyl (C=O) groups excluding carboxylic acids is 1. The number of pyridine rings is 1. The maximum Gasteiger partial charge on any atom is 0.323 e. The van der Waals surface area contributed by atoms with E-state index in [4.69, 9.17) is 19.2 Å². The standard InChI is InChI=1S/C22H26N4O4S/c1-12(2)24-22-26-19(11-31-22)17-9-20(15-6-5-13(28-3)7-16(15)25-17)30-14-8-18(23-10-14)21(27)29-4/h5-7,9,11-12,14,18,23H,8,10H2,1-4H3,(H,24,26)/t14-,18+/m1/s1. The number of methoxy groups -OCH3 is 2. The number of thiazole rings is 1. The van der Waals surface area contributed by atoms with Crippen LogP contribution in [0.15, 0.2) is 29.6 Å². The van der Waals surface area contributed by atoms with Gasteiger partial charge in [0.15, 0.2) is 5.13 Å². The van der Waals surface area contributed by atoms with Crippen molar-refractivity contribution in [2.45, 2.75) is 38.5 Å². The topological polar surface area (TPSA) is 94.6 Å². The van der Waals surface area contributed by atoms with E-state index in [9.17, 15) is 4.79 Å². The van der Waals surface area contributed by atoms with Crippen molar-refractivity contribution >= 4 is 33.3 Å². The molecule has 2 aromatic heterocycles. The van der Waals surface area contributed by atoms with Crippen molar-refractivity contribution in [1.82, 2.24) is 15.3 Å². The van der Waals surface area contributed by atoms with Gasteiger partial charge in [-0.25, -0.2) is 9.97 Å². The van der Waals surface area contributed by atoms with E-state index in [1.807, 2.05) is 29.6 Å². The maximum absolute atomic E-state index is 11.8. The van der Waals surface area contributed by atoms with Crippen LogP contribution in [0, 0.1) is 0 Å². The number of aromatic nitrogens is 2. The normalized spacial score (nSPS) is 18.4. The van der Waals surface area contributed by atoms with Crippen LogP contribution in [0.3, 0.4) is 0 Å². The highest BCUT2D eigenvalue weighted by Crippen LogP contribution is 2.34. The SMILES string of the molecule is COC(=O)[C@@H]1C[C@@H](Oc2cc(-c3csc(NC(C)C)n3)nc3cc(OC)ccc23)CN1. The maximum atomic E-state index is 11.8. The number of nitrogens with one attached hydrogen (secondary N) is 2. The molecule has 1 saturated heterocycles. The van der Waals surface area contributed by atoms with Crippen molar-refractivity contribution in [3.05, 3.63) is 29.6 Å². The van der Waals surface area contributed by atoms with Crippen molar-refractivity contribution in [3.8, 4) is 22.9 Å². The summed E-state index contributed by atoms with van der Waals surface area (Å²) in [5.74, 6) is 1.15. The minimum atomic E-state index is -0.356. The molecule has 31 heavy (non-hydrogen) atoms. The van der Waals surface area contributed by atoms with Crippen LogP contribution in [0.5, 0.6) is 11.5 Å². The summed E-state index contributed by atoms with van der Waals surface area (Å²) in [4.78, 5) is 21.3. The summed E-state index contributed by atoms with van der Waals surface area (Å²) in [7, 11) is 3.02. The lowest BCUT2D eigenvalue weighted by molar-refractivity contribution is -0.142. The molecule has 1 aromatic carbocycles. The van der Waals surface area contributed by atoms with E-state index in [0.29, 0.717) is 24.8 Å². The molecule has 4 rings (SSSR count). The van der Waals surface area contributed by atoms with E-state index in [2.05, 4.69) is 29.5 Å². The quantitative estimate of drug-likeness (QED) is 0.537. The molecular formula is C22H26N4O4S. The van der Waals surface area contributed by atoms with E-state index in [-0.39, 0.29) is 18.1 Å². The van der Waals surface area contributed by atoms with Crippen molar-refractivity contribution in [2.24, 2.45) is 0 Å². The van der Waals surface area contributed by atoms with Gasteiger partial charge < -0.3 is 24.8 Å². The van der Waals surface area contributed by atoms with Gasteiger partial charge in [-0.15, -0.1) is 11.3 Å². The molecule has 0 bridgehead atoms. The highest BCUT2D eigenvalue weighted by Gasteiger charge is 2.31. The molecule has 2 N–H and O–H groups in total. The van der Waals surface area contributed by atoms with E-state index >= 15 is 0 Å². The number of benzene rings is 1. The predicted octanol–water partition coefficient (Wildman–Crippen LogP) is 3.47. The average molecular weight is 443 g/mol. The van der Waals surface area contributed by atoms with Crippen molar-refractivity contribution in [2.75, 3.05) is 26.1 Å². The van der Waals surface area contributed by atoms with E-state index in [1.165, 1.54) is 7.11 Å². The first-order valence-electron chi connectivity index (χ1n) is 10.2. The number of hydrogen-bond acceptors (Lipinski definition) is 9. The molecule has 0 saturated carbocycles. The Hall–Kier alpha value is -2.91. The molecular weight excluding hydrogens is 416 g/mol. The Morgan fingerprint density at radius 1 is 1.23 bits per heavy atom. The van der Waals surface area contributed by atoms with Gasteiger partial charge in [0.1, 0.15) is 29.3 Å². The van der Waals surface area contributed by atoms with Gasteiger partial charge in [-0.05, 0) is 26.0 Å². The van der Waals surface area contributed by atoms with Gasteiger partial charge in [0.25, 0.3) is 0 Å². The van der Waals surface area contributed by atoms with E-state index in [1.54, 1.807) is 18.4 Å². The summed E-state index contributed by atoms with van der Waals surface area (Å²) < 4.78 is 16.5. The number of rotatable bonds is 7. The second-order valence-electron chi connectivity index (χ2n) is 7.69. The Kier molecular flexibility index (Phi) is 6.24. The summed E-state index contributed by atoms with van der Waals surface area (Å²) in [5, 5.41) is 10.2. The fourth-order valence-corrected chi connectivity index (χ4v) is 4.38. The zero-order valence-electron chi connectivity index (χ0n) is 18.0. The summed E-state index contributed by atoms with van der Waals surface area (Å²) in [6, 6.07) is 7.56. The largest absolute Gasteiger partial charge is 0.497 e. The van der Waals surface area contributed by atoms with Crippen LogP contribution >= 0.6 is 11.3 Å². The predicted molar refractivity (Wildman–Crippen MR) is 121 cm³/mol. The number of ether oxygens (including phenoxy) is 3. The summed E-state index contributed by atoms with van der Waals surface area (Å²) in [5.41, 5.74) is 2.26. The molecule has 1 aliphatic rings. The van der Waals surface area contributed by atoms with Crippen LogP contribution in [0.2, 0.25) is 0 Å². The number of nitrogens with zero attached hydrogens (tertiary/aromatic N) is 2. The molecule has 0 radical (unpaired) electrons. The zero-order valence-corrected chi connectivity index (χ0v) is 18.8. The molecule has 0 aliphatic carbocycles. The first kappa shape index (κ1) is 21.3. The molecule has 8 nitrogen and oxygen atoms in total. The Morgan fingerprint density at radius 3 is 2.81 bits per heavy atom. The van der Waals surface area contributed by atoms with Gasteiger partial charge in [-0.2, -0.15) is 0 Å². The van der Waals surface area contributed by atoms with Gasteiger partial charge in [0.2, 0.25) is 0 Å². The summed E-state index contributed by atoms with van der Waals surface area (Å²) in [6.07, 6.45) is 0.388. The lowest BCUT2D eigenvalue weighted by atomic mass is 10.1. The fraction of sp³-hybridized carbons (Fsp3) is 0.409. The zero-order chi connectivity index (χ0) is 22.0. The van der Waals surface area contributed by atoms with Gasteiger partial charge in [-0.3, -0.25) is 4.79 Å².